The van der Waals surface area contributed by atoms with Gasteiger partial charge >= 0.3 is 5.97 Å². The van der Waals surface area contributed by atoms with Gasteiger partial charge in [-0.3, -0.25) is 4.40 Å². The molecule has 0 aliphatic rings. The topological polar surface area (TPSA) is 80.4 Å². The van der Waals surface area contributed by atoms with Crippen molar-refractivity contribution >= 4 is 11.6 Å². The van der Waals surface area contributed by atoms with Crippen LogP contribution in [0.1, 0.15) is 16.4 Å². The van der Waals surface area contributed by atoms with Crippen molar-refractivity contribution in [3.63, 3.8) is 0 Å². The SMILES string of the molecule is Cc1nc(-c2ccccc2)cc2nnc(C(=O)O)n12. The molecule has 2 aromatic heterocycles. The number of aryl methyl sites for hydroxylation is 1. The highest BCUT2D eigenvalue weighted by atomic mass is 16.4. The van der Waals surface area contributed by atoms with E-state index in [1.165, 1.54) is 4.40 Å². The van der Waals surface area contributed by atoms with Crippen LogP contribution in [0, 0.1) is 6.92 Å². The van der Waals surface area contributed by atoms with Crippen molar-refractivity contribution in [2.24, 2.45) is 0 Å². The summed E-state index contributed by atoms with van der Waals surface area (Å²) in [5, 5.41) is 16.6. The highest BCUT2D eigenvalue weighted by Crippen LogP contribution is 2.19. The summed E-state index contributed by atoms with van der Waals surface area (Å²) in [6.07, 6.45) is 0. The van der Waals surface area contributed by atoms with Crippen LogP contribution in [0.2, 0.25) is 0 Å². The van der Waals surface area contributed by atoms with E-state index in [2.05, 4.69) is 15.2 Å². The molecule has 0 saturated carbocycles. The van der Waals surface area contributed by atoms with Crippen molar-refractivity contribution in [3.05, 3.63) is 48.0 Å². The fourth-order valence-corrected chi connectivity index (χ4v) is 1.98. The van der Waals surface area contributed by atoms with Crippen LogP contribution in [-0.4, -0.2) is 30.7 Å². The molecular formula is C13H10N4O2. The Labute approximate surface area is 108 Å². The first-order chi connectivity index (χ1) is 9.16. The molecule has 94 valence electrons. The quantitative estimate of drug-likeness (QED) is 0.754. The zero-order valence-electron chi connectivity index (χ0n) is 10.1. The number of carboxylic acid groups (broad SMARTS) is 1. The number of aromatic nitrogens is 4. The molecule has 0 radical (unpaired) electrons. The predicted octanol–water partition coefficient (Wildman–Crippen LogP) is 1.80. The number of benzene rings is 1. The van der Waals surface area contributed by atoms with Gasteiger partial charge in [0.1, 0.15) is 5.82 Å². The van der Waals surface area contributed by atoms with E-state index in [0.29, 0.717) is 11.5 Å². The third-order valence-electron chi connectivity index (χ3n) is 2.82. The molecule has 6 heteroatoms. The summed E-state index contributed by atoms with van der Waals surface area (Å²) >= 11 is 0. The fraction of sp³-hybridized carbons (Fsp3) is 0.0769. The van der Waals surface area contributed by atoms with Crippen LogP contribution >= 0.6 is 0 Å². The number of fused-ring (bicyclic) bond motifs is 1. The number of nitrogens with zero attached hydrogens (tertiary/aromatic N) is 4. The lowest BCUT2D eigenvalue weighted by molar-refractivity contribution is 0.0681. The molecule has 2 heterocycles. The van der Waals surface area contributed by atoms with Crippen LogP contribution in [0.5, 0.6) is 0 Å². The van der Waals surface area contributed by atoms with Crippen LogP contribution < -0.4 is 0 Å². The second-order valence-corrected chi connectivity index (χ2v) is 4.08. The van der Waals surface area contributed by atoms with Gasteiger partial charge in [0.2, 0.25) is 5.82 Å². The minimum Gasteiger partial charge on any atom is -0.475 e. The van der Waals surface area contributed by atoms with E-state index in [1.807, 2.05) is 30.3 Å². The number of carboxylic acids is 1. The number of hydrogen-bond donors (Lipinski definition) is 1. The first-order valence-corrected chi connectivity index (χ1v) is 5.68. The zero-order valence-corrected chi connectivity index (χ0v) is 10.1. The summed E-state index contributed by atoms with van der Waals surface area (Å²) in [4.78, 5) is 15.4. The maximum absolute atomic E-state index is 11.0. The molecule has 0 fully saturated rings. The Morgan fingerprint density at radius 3 is 2.63 bits per heavy atom. The molecule has 0 bridgehead atoms. The molecule has 0 atom stereocenters. The second kappa shape index (κ2) is 4.16. The molecule has 0 amide bonds. The monoisotopic (exact) mass is 254 g/mol. The average Bonchev–Trinajstić information content (AvgIpc) is 2.84. The second-order valence-electron chi connectivity index (χ2n) is 4.08. The van der Waals surface area contributed by atoms with Crippen molar-refractivity contribution in [1.82, 2.24) is 19.6 Å². The third kappa shape index (κ3) is 1.83. The molecule has 6 nitrogen and oxygen atoms in total. The highest BCUT2D eigenvalue weighted by molar-refractivity contribution is 5.84. The maximum Gasteiger partial charge on any atom is 0.374 e. The predicted molar refractivity (Wildman–Crippen MR) is 67.9 cm³/mol. The van der Waals surface area contributed by atoms with Gasteiger partial charge in [-0.05, 0) is 6.92 Å². The molecule has 19 heavy (non-hydrogen) atoms. The van der Waals surface area contributed by atoms with Gasteiger partial charge in [-0.15, -0.1) is 10.2 Å². The van der Waals surface area contributed by atoms with Crippen molar-refractivity contribution in [2.75, 3.05) is 0 Å². The van der Waals surface area contributed by atoms with E-state index >= 15 is 0 Å². The van der Waals surface area contributed by atoms with Gasteiger partial charge in [0.15, 0.2) is 5.65 Å². The summed E-state index contributed by atoms with van der Waals surface area (Å²) in [6, 6.07) is 11.4. The molecule has 0 aliphatic heterocycles. The van der Waals surface area contributed by atoms with Crippen LogP contribution in [-0.2, 0) is 0 Å². The molecular weight excluding hydrogens is 244 g/mol. The molecule has 0 unspecified atom stereocenters. The molecule has 1 N–H and O–H groups in total. The van der Waals surface area contributed by atoms with Crippen LogP contribution in [0.4, 0.5) is 0 Å². The first-order valence-electron chi connectivity index (χ1n) is 5.68. The van der Waals surface area contributed by atoms with Crippen LogP contribution in [0.15, 0.2) is 36.4 Å². The number of hydrogen-bond acceptors (Lipinski definition) is 4. The molecule has 0 saturated heterocycles. The average molecular weight is 254 g/mol. The van der Waals surface area contributed by atoms with E-state index in [9.17, 15) is 4.79 Å². The van der Waals surface area contributed by atoms with Gasteiger partial charge in [0.05, 0.1) is 5.69 Å². The first kappa shape index (κ1) is 11.3. The summed E-state index contributed by atoms with van der Waals surface area (Å²) in [6.45, 7) is 1.73. The summed E-state index contributed by atoms with van der Waals surface area (Å²) < 4.78 is 1.43. The minimum absolute atomic E-state index is 0.125. The number of rotatable bonds is 2. The molecule has 3 aromatic rings. The minimum atomic E-state index is -1.12. The maximum atomic E-state index is 11.0. The van der Waals surface area contributed by atoms with Gasteiger partial charge in [0.25, 0.3) is 0 Å². The van der Waals surface area contributed by atoms with Crippen molar-refractivity contribution in [1.29, 1.82) is 0 Å². The van der Waals surface area contributed by atoms with Gasteiger partial charge in [0, 0.05) is 11.6 Å². The fourth-order valence-electron chi connectivity index (χ4n) is 1.98. The Bertz CT molecular complexity index is 765. The van der Waals surface area contributed by atoms with Crippen molar-refractivity contribution in [2.45, 2.75) is 6.92 Å². The van der Waals surface area contributed by atoms with Crippen molar-refractivity contribution < 1.29 is 9.90 Å². The Balaban J connectivity index is 2.25. The summed E-state index contributed by atoms with van der Waals surface area (Å²) in [7, 11) is 0. The van der Waals surface area contributed by atoms with E-state index in [0.717, 1.165) is 11.3 Å². The summed E-state index contributed by atoms with van der Waals surface area (Å²) in [5.41, 5.74) is 2.17. The highest BCUT2D eigenvalue weighted by Gasteiger charge is 2.16. The molecule has 1 aromatic carbocycles. The van der Waals surface area contributed by atoms with Gasteiger partial charge in [-0.2, -0.15) is 0 Å². The largest absolute Gasteiger partial charge is 0.475 e. The Morgan fingerprint density at radius 1 is 1.21 bits per heavy atom. The Morgan fingerprint density at radius 2 is 1.95 bits per heavy atom. The molecule has 0 spiro atoms. The van der Waals surface area contributed by atoms with Gasteiger partial charge in [-0.1, -0.05) is 30.3 Å². The lowest BCUT2D eigenvalue weighted by Gasteiger charge is -2.05. The molecule has 0 aliphatic carbocycles. The standard InChI is InChI=1S/C13H10N4O2/c1-8-14-10(9-5-3-2-4-6-9)7-11-15-16-12(13(18)19)17(8)11/h2-7H,1H3,(H,18,19). The number of aromatic carboxylic acids is 1. The van der Waals surface area contributed by atoms with E-state index in [4.69, 9.17) is 5.11 Å². The Hall–Kier alpha value is -2.76. The smallest absolute Gasteiger partial charge is 0.374 e. The Kier molecular flexibility index (Phi) is 2.49. The van der Waals surface area contributed by atoms with Crippen LogP contribution in [0.3, 0.4) is 0 Å². The normalized spacial score (nSPS) is 10.8. The summed E-state index contributed by atoms with van der Waals surface area (Å²) in [5.74, 6) is -0.705. The lowest BCUT2D eigenvalue weighted by Crippen LogP contribution is -2.07. The van der Waals surface area contributed by atoms with E-state index < -0.39 is 5.97 Å². The third-order valence-corrected chi connectivity index (χ3v) is 2.82. The zero-order chi connectivity index (χ0) is 13.4. The van der Waals surface area contributed by atoms with Crippen LogP contribution in [0.25, 0.3) is 16.9 Å². The lowest BCUT2D eigenvalue weighted by atomic mass is 10.1. The van der Waals surface area contributed by atoms with E-state index in [-0.39, 0.29) is 5.82 Å². The van der Waals surface area contributed by atoms with Gasteiger partial charge < -0.3 is 5.11 Å². The van der Waals surface area contributed by atoms with Crippen molar-refractivity contribution in [3.8, 4) is 11.3 Å². The van der Waals surface area contributed by atoms with E-state index in [1.54, 1.807) is 13.0 Å². The van der Waals surface area contributed by atoms with Gasteiger partial charge in [-0.25, -0.2) is 9.78 Å². The number of carbonyl (C=O) groups is 1. The molecule has 3 rings (SSSR count).